The Labute approximate surface area is 186 Å². The summed E-state index contributed by atoms with van der Waals surface area (Å²) in [6, 6.07) is 14.4. The fourth-order valence-corrected chi connectivity index (χ4v) is 5.46. The third-order valence-electron chi connectivity index (χ3n) is 6.24. The van der Waals surface area contributed by atoms with Crippen molar-refractivity contribution < 1.29 is 14.3 Å². The number of amides is 1. The number of carbonyl (C=O) groups is 1. The molecular weight excluding hydrogens is 410 g/mol. The number of aromatic nitrogens is 1. The number of thiazole rings is 1. The molecule has 0 radical (unpaired) electrons. The Kier molecular flexibility index (Phi) is 5.54. The molecule has 2 aliphatic rings. The summed E-state index contributed by atoms with van der Waals surface area (Å²) in [5.41, 5.74) is 2.14. The van der Waals surface area contributed by atoms with Crippen LogP contribution in [0.5, 0.6) is 11.5 Å². The lowest BCUT2D eigenvalue weighted by atomic mass is 10.0. The summed E-state index contributed by atoms with van der Waals surface area (Å²) in [7, 11) is 2.00. The molecule has 2 aliphatic heterocycles. The van der Waals surface area contributed by atoms with Gasteiger partial charge in [0.1, 0.15) is 18.2 Å². The van der Waals surface area contributed by atoms with Crippen LogP contribution in [0.15, 0.2) is 42.5 Å². The lowest BCUT2D eigenvalue weighted by Gasteiger charge is -2.30. The topological polar surface area (TPSA) is 54.9 Å². The van der Waals surface area contributed by atoms with Crippen molar-refractivity contribution in [2.75, 3.05) is 33.4 Å². The molecule has 1 aromatic heterocycles. The second-order valence-electron chi connectivity index (χ2n) is 8.26. The van der Waals surface area contributed by atoms with Crippen LogP contribution >= 0.6 is 11.3 Å². The molecule has 0 saturated carbocycles. The number of ether oxygens (including phenoxy) is 2. The number of fused-ring (bicyclic) bond motifs is 2. The van der Waals surface area contributed by atoms with Crippen LogP contribution < -0.4 is 9.47 Å². The van der Waals surface area contributed by atoms with Crippen molar-refractivity contribution in [1.29, 1.82) is 0 Å². The molecule has 0 N–H and O–H groups in total. The number of para-hydroxylation sites is 1. The number of rotatable bonds is 5. The SMILES string of the molecule is C[C@H](c1nc2ccccc2s1)N(C)CC(=O)N1CCC[C@H]1c1ccc2c(c1)OCCO2. The third-order valence-corrected chi connectivity index (χ3v) is 7.44. The number of nitrogens with zero attached hydrogens (tertiary/aromatic N) is 3. The zero-order valence-corrected chi connectivity index (χ0v) is 18.7. The molecule has 0 spiro atoms. The van der Waals surface area contributed by atoms with E-state index in [0.717, 1.165) is 47.0 Å². The Morgan fingerprint density at radius 2 is 2.03 bits per heavy atom. The molecule has 1 saturated heterocycles. The van der Waals surface area contributed by atoms with Crippen molar-refractivity contribution >= 4 is 27.5 Å². The molecule has 2 aromatic carbocycles. The minimum Gasteiger partial charge on any atom is -0.486 e. The van der Waals surface area contributed by atoms with Gasteiger partial charge in [0, 0.05) is 6.54 Å². The van der Waals surface area contributed by atoms with Crippen molar-refractivity contribution in [2.24, 2.45) is 0 Å². The van der Waals surface area contributed by atoms with E-state index in [-0.39, 0.29) is 18.0 Å². The van der Waals surface area contributed by atoms with Crippen LogP contribution in [-0.2, 0) is 4.79 Å². The highest BCUT2D eigenvalue weighted by Crippen LogP contribution is 2.38. The molecule has 5 rings (SSSR count). The van der Waals surface area contributed by atoms with Crippen LogP contribution in [0.1, 0.15) is 42.4 Å². The monoisotopic (exact) mass is 437 g/mol. The molecule has 0 aliphatic carbocycles. The van der Waals surface area contributed by atoms with Gasteiger partial charge in [0.25, 0.3) is 0 Å². The Balaban J connectivity index is 1.28. The summed E-state index contributed by atoms with van der Waals surface area (Å²) in [5.74, 6) is 1.73. The summed E-state index contributed by atoms with van der Waals surface area (Å²) in [6.45, 7) is 4.44. The summed E-state index contributed by atoms with van der Waals surface area (Å²) in [5, 5.41) is 1.04. The number of carbonyl (C=O) groups excluding carboxylic acids is 1. The van der Waals surface area contributed by atoms with Crippen LogP contribution in [0.25, 0.3) is 10.2 Å². The first-order valence-corrected chi connectivity index (χ1v) is 11.7. The molecule has 7 heteroatoms. The molecule has 162 valence electrons. The maximum Gasteiger partial charge on any atom is 0.237 e. The quantitative estimate of drug-likeness (QED) is 0.591. The van der Waals surface area contributed by atoms with Crippen molar-refractivity contribution in [2.45, 2.75) is 31.8 Å². The number of benzene rings is 2. The van der Waals surface area contributed by atoms with Gasteiger partial charge in [0.2, 0.25) is 5.91 Å². The Morgan fingerprint density at radius 1 is 1.23 bits per heavy atom. The van der Waals surface area contributed by atoms with Crippen molar-refractivity contribution in [1.82, 2.24) is 14.8 Å². The lowest BCUT2D eigenvalue weighted by molar-refractivity contribution is -0.133. The van der Waals surface area contributed by atoms with Crippen molar-refractivity contribution in [3.8, 4) is 11.5 Å². The van der Waals surface area contributed by atoms with Crippen LogP contribution in [0, 0.1) is 0 Å². The van der Waals surface area contributed by atoms with E-state index in [2.05, 4.69) is 24.0 Å². The second kappa shape index (κ2) is 8.48. The zero-order chi connectivity index (χ0) is 21.4. The smallest absolute Gasteiger partial charge is 0.237 e. The number of likely N-dealkylation sites (N-methyl/N-ethyl adjacent to an activating group) is 1. The van der Waals surface area contributed by atoms with E-state index >= 15 is 0 Å². The Hall–Kier alpha value is -2.64. The molecule has 0 bridgehead atoms. The first-order valence-electron chi connectivity index (χ1n) is 10.8. The predicted octanol–water partition coefficient (Wildman–Crippen LogP) is 4.42. The van der Waals surface area contributed by atoms with E-state index < -0.39 is 0 Å². The molecule has 31 heavy (non-hydrogen) atoms. The number of likely N-dealkylation sites (tertiary alicyclic amines) is 1. The fraction of sp³-hybridized carbons (Fsp3) is 0.417. The van der Waals surface area contributed by atoms with Crippen molar-refractivity contribution in [3.05, 3.63) is 53.0 Å². The molecule has 3 aromatic rings. The molecule has 3 heterocycles. The second-order valence-corrected chi connectivity index (χ2v) is 9.32. The van der Waals surface area contributed by atoms with Gasteiger partial charge in [-0.25, -0.2) is 4.98 Å². The highest BCUT2D eigenvalue weighted by Gasteiger charge is 2.32. The molecule has 1 fully saturated rings. The Bertz CT molecular complexity index is 1070. The van der Waals surface area contributed by atoms with Crippen LogP contribution in [0.2, 0.25) is 0 Å². The van der Waals surface area contributed by atoms with E-state index in [1.807, 2.05) is 42.3 Å². The predicted molar refractivity (Wildman–Crippen MR) is 122 cm³/mol. The summed E-state index contributed by atoms with van der Waals surface area (Å²) in [6.07, 6.45) is 1.99. The van der Waals surface area contributed by atoms with Gasteiger partial charge in [-0.15, -0.1) is 11.3 Å². The molecule has 0 unspecified atom stereocenters. The van der Waals surface area contributed by atoms with Gasteiger partial charge in [0.05, 0.1) is 28.8 Å². The minimum atomic E-state index is 0.0803. The van der Waals surface area contributed by atoms with Crippen LogP contribution in [0.3, 0.4) is 0 Å². The van der Waals surface area contributed by atoms with Gasteiger partial charge in [-0.05, 0) is 56.6 Å². The minimum absolute atomic E-state index is 0.0803. The van der Waals surface area contributed by atoms with Crippen molar-refractivity contribution in [3.63, 3.8) is 0 Å². The van der Waals surface area contributed by atoms with E-state index in [0.29, 0.717) is 19.8 Å². The Morgan fingerprint density at radius 3 is 2.87 bits per heavy atom. The standard InChI is InChI=1S/C24H27N3O3S/c1-16(24-25-18-6-3-4-8-22(18)31-24)26(2)15-23(28)27-11-5-7-19(27)17-9-10-20-21(14-17)30-13-12-29-20/h3-4,6,8-10,14,16,19H,5,7,11-13,15H2,1-2H3/t16-,19+/m1/s1. The summed E-state index contributed by atoms with van der Waals surface area (Å²) < 4.78 is 12.6. The van der Waals surface area contributed by atoms with E-state index in [4.69, 9.17) is 14.5 Å². The van der Waals surface area contributed by atoms with Crippen LogP contribution in [-0.4, -0.2) is 54.0 Å². The van der Waals surface area contributed by atoms with Gasteiger partial charge in [-0.2, -0.15) is 0 Å². The van der Waals surface area contributed by atoms with Gasteiger partial charge >= 0.3 is 0 Å². The number of hydrogen-bond donors (Lipinski definition) is 0. The maximum absolute atomic E-state index is 13.2. The van der Waals surface area contributed by atoms with Crippen LogP contribution in [0.4, 0.5) is 0 Å². The van der Waals surface area contributed by atoms with E-state index in [1.165, 1.54) is 4.70 Å². The average molecular weight is 438 g/mol. The largest absolute Gasteiger partial charge is 0.486 e. The fourth-order valence-electron chi connectivity index (χ4n) is 4.38. The van der Waals surface area contributed by atoms with Gasteiger partial charge in [-0.3, -0.25) is 9.69 Å². The van der Waals surface area contributed by atoms with Gasteiger partial charge in [0.15, 0.2) is 11.5 Å². The van der Waals surface area contributed by atoms with Gasteiger partial charge in [-0.1, -0.05) is 18.2 Å². The highest BCUT2D eigenvalue weighted by atomic mass is 32.1. The molecule has 6 nitrogen and oxygen atoms in total. The maximum atomic E-state index is 13.2. The molecule has 2 atom stereocenters. The summed E-state index contributed by atoms with van der Waals surface area (Å²) in [4.78, 5) is 22.1. The van der Waals surface area contributed by atoms with Gasteiger partial charge < -0.3 is 14.4 Å². The van der Waals surface area contributed by atoms with E-state index in [9.17, 15) is 4.79 Å². The lowest BCUT2D eigenvalue weighted by Crippen LogP contribution is -2.39. The number of hydrogen-bond acceptors (Lipinski definition) is 6. The highest BCUT2D eigenvalue weighted by molar-refractivity contribution is 7.18. The first-order chi connectivity index (χ1) is 15.1. The zero-order valence-electron chi connectivity index (χ0n) is 17.9. The van der Waals surface area contributed by atoms with E-state index in [1.54, 1.807) is 11.3 Å². The average Bonchev–Trinajstić information content (AvgIpc) is 3.45. The molecule has 1 amide bonds. The third kappa shape index (κ3) is 4.00. The summed E-state index contributed by atoms with van der Waals surface area (Å²) >= 11 is 1.70. The first kappa shape index (κ1) is 20.3. The normalized spacial score (nSPS) is 19.2. The molecular formula is C24H27N3O3S.